The number of thiophene rings is 2. The number of carbonyl (C=O) groups excluding carboxylic acids is 1. The van der Waals surface area contributed by atoms with Gasteiger partial charge in [-0.15, -0.1) is 22.7 Å². The summed E-state index contributed by atoms with van der Waals surface area (Å²) in [5.41, 5.74) is -1.18. The average molecular weight is 553 g/mol. The van der Waals surface area contributed by atoms with E-state index in [9.17, 15) is 18.4 Å². The van der Waals surface area contributed by atoms with Crippen molar-refractivity contribution in [2.45, 2.75) is 20.3 Å². The predicted octanol–water partition coefficient (Wildman–Crippen LogP) is 6.80. The first-order valence-electron chi connectivity index (χ1n) is 10.9. The Balaban J connectivity index is 0.000000231. The Morgan fingerprint density at radius 3 is 1.92 bits per heavy atom. The molecule has 2 aromatic heterocycles. The van der Waals surface area contributed by atoms with Crippen molar-refractivity contribution < 1.29 is 42.4 Å². The monoisotopic (exact) mass is 552 g/mol. The number of carboxylic acids is 1. The molecule has 2 aromatic carbocycles. The van der Waals surface area contributed by atoms with Crippen LogP contribution in [0, 0.1) is 17.0 Å². The molecule has 0 aliphatic rings. The molecule has 0 atom stereocenters. The molecule has 0 saturated carbocycles. The number of rotatable bonds is 8. The van der Waals surface area contributed by atoms with Crippen LogP contribution in [0.3, 0.4) is 0 Å². The highest BCUT2D eigenvalue weighted by Gasteiger charge is 2.31. The highest BCUT2D eigenvalue weighted by Crippen LogP contribution is 2.41. The maximum atomic E-state index is 14.5. The number of benzene rings is 2. The van der Waals surface area contributed by atoms with Crippen molar-refractivity contribution in [3.05, 3.63) is 46.2 Å². The van der Waals surface area contributed by atoms with Crippen LogP contribution in [0.5, 0.6) is 23.0 Å². The summed E-state index contributed by atoms with van der Waals surface area (Å²) in [4.78, 5) is 23.8. The van der Waals surface area contributed by atoms with E-state index < -0.39 is 17.2 Å². The zero-order valence-electron chi connectivity index (χ0n) is 21.1. The van der Waals surface area contributed by atoms with E-state index >= 15 is 0 Å². The Labute approximate surface area is 220 Å². The molecule has 7 nitrogen and oxygen atoms in total. The molecule has 0 aliphatic heterocycles. The Bertz CT molecular complexity index is 1460. The Kier molecular flexibility index (Phi) is 8.60. The van der Waals surface area contributed by atoms with Gasteiger partial charge in [-0.05, 0) is 31.4 Å². The second kappa shape index (κ2) is 11.3. The third kappa shape index (κ3) is 5.62. The molecule has 0 amide bonds. The SMILES string of the molecule is COc1cc2sc(C(=O)CC(C)(C)C(=O)O)cc2c(F)c1OC.COc1cc2sccc2c(F)c1OC. The van der Waals surface area contributed by atoms with Crippen LogP contribution in [0.2, 0.25) is 0 Å². The minimum Gasteiger partial charge on any atom is -0.493 e. The van der Waals surface area contributed by atoms with E-state index in [1.54, 1.807) is 18.2 Å². The lowest BCUT2D eigenvalue weighted by atomic mass is 9.87. The smallest absolute Gasteiger partial charge is 0.309 e. The molecule has 4 aromatic rings. The topological polar surface area (TPSA) is 91.3 Å². The van der Waals surface area contributed by atoms with E-state index in [1.165, 1.54) is 59.7 Å². The number of ether oxygens (including phenoxy) is 4. The zero-order valence-corrected chi connectivity index (χ0v) is 22.7. The van der Waals surface area contributed by atoms with Gasteiger partial charge in [-0.1, -0.05) is 0 Å². The quantitative estimate of drug-likeness (QED) is 0.240. The number of aliphatic carboxylic acids is 1. The highest BCUT2D eigenvalue weighted by molar-refractivity contribution is 7.20. The van der Waals surface area contributed by atoms with Gasteiger partial charge in [-0.2, -0.15) is 0 Å². The van der Waals surface area contributed by atoms with E-state index in [0.717, 1.165) is 16.0 Å². The van der Waals surface area contributed by atoms with E-state index in [1.807, 2.05) is 5.38 Å². The van der Waals surface area contributed by atoms with Crippen molar-refractivity contribution in [2.75, 3.05) is 28.4 Å². The van der Waals surface area contributed by atoms with Crippen LogP contribution in [0.4, 0.5) is 8.78 Å². The summed E-state index contributed by atoms with van der Waals surface area (Å²) in [7, 11) is 5.66. The number of fused-ring (bicyclic) bond motifs is 2. The number of carbonyl (C=O) groups is 2. The van der Waals surface area contributed by atoms with Gasteiger partial charge in [0.25, 0.3) is 0 Å². The molecule has 1 N–H and O–H groups in total. The first-order chi connectivity index (χ1) is 17.5. The average Bonchev–Trinajstić information content (AvgIpc) is 3.51. The maximum absolute atomic E-state index is 14.5. The lowest BCUT2D eigenvalue weighted by molar-refractivity contribution is -0.146. The van der Waals surface area contributed by atoms with Gasteiger partial charge >= 0.3 is 5.97 Å². The summed E-state index contributed by atoms with van der Waals surface area (Å²) in [6.45, 7) is 2.96. The molecule has 0 unspecified atom stereocenters. The fourth-order valence-electron chi connectivity index (χ4n) is 3.51. The number of hydrogen-bond acceptors (Lipinski definition) is 8. The van der Waals surface area contributed by atoms with Gasteiger partial charge < -0.3 is 24.1 Å². The van der Waals surface area contributed by atoms with Crippen molar-refractivity contribution >= 4 is 54.6 Å². The van der Waals surface area contributed by atoms with E-state index in [-0.39, 0.29) is 40.7 Å². The van der Waals surface area contributed by atoms with Gasteiger partial charge in [0.15, 0.2) is 40.4 Å². The van der Waals surface area contributed by atoms with E-state index in [2.05, 4.69) is 0 Å². The summed E-state index contributed by atoms with van der Waals surface area (Å²) in [5, 5.41) is 11.8. The van der Waals surface area contributed by atoms with Crippen LogP contribution in [-0.4, -0.2) is 45.3 Å². The number of carboxylic acid groups (broad SMARTS) is 1. The third-order valence-corrected chi connectivity index (χ3v) is 7.59. The Morgan fingerprint density at radius 2 is 1.41 bits per heavy atom. The lowest BCUT2D eigenvalue weighted by Gasteiger charge is -2.16. The number of hydrogen-bond donors (Lipinski definition) is 1. The van der Waals surface area contributed by atoms with Crippen LogP contribution < -0.4 is 18.9 Å². The van der Waals surface area contributed by atoms with Crippen molar-refractivity contribution in [3.63, 3.8) is 0 Å². The molecular formula is C26H26F2O7S2. The maximum Gasteiger partial charge on any atom is 0.309 e. The Hall–Kier alpha value is -3.44. The van der Waals surface area contributed by atoms with Crippen molar-refractivity contribution in [2.24, 2.45) is 5.41 Å². The molecular weight excluding hydrogens is 526 g/mol. The molecule has 2 heterocycles. The molecule has 0 fully saturated rings. The van der Waals surface area contributed by atoms with Crippen LogP contribution in [0.1, 0.15) is 29.9 Å². The zero-order chi connectivity index (χ0) is 27.5. The molecule has 0 aliphatic carbocycles. The van der Waals surface area contributed by atoms with Crippen molar-refractivity contribution in [3.8, 4) is 23.0 Å². The minimum atomic E-state index is -1.18. The fourth-order valence-corrected chi connectivity index (χ4v) is 5.35. The molecule has 198 valence electrons. The molecule has 0 bridgehead atoms. The summed E-state index contributed by atoms with van der Waals surface area (Å²) < 4.78 is 49.7. The second-order valence-electron chi connectivity index (χ2n) is 8.50. The number of halogens is 2. The van der Waals surface area contributed by atoms with Crippen LogP contribution in [0.15, 0.2) is 29.6 Å². The van der Waals surface area contributed by atoms with Gasteiger partial charge in [-0.3, -0.25) is 9.59 Å². The van der Waals surface area contributed by atoms with Crippen molar-refractivity contribution in [1.82, 2.24) is 0 Å². The standard InChI is InChI=1S/C16H17FO5S.C10H9FO2S/c1-16(2,15(19)20)7-9(18)12-5-8-11(23-12)6-10(21-3)14(22-4)13(8)17;1-12-7-5-8-6(3-4-14-8)9(11)10(7)13-2/h5-6H,7H2,1-4H3,(H,19,20);3-5H,1-2H3. The molecule has 0 saturated heterocycles. The predicted molar refractivity (Wildman–Crippen MR) is 140 cm³/mol. The first-order valence-corrected chi connectivity index (χ1v) is 12.6. The van der Waals surface area contributed by atoms with Crippen LogP contribution in [-0.2, 0) is 4.79 Å². The summed E-state index contributed by atoms with van der Waals surface area (Å²) in [6.07, 6.45) is -0.162. The Morgan fingerprint density at radius 1 is 0.865 bits per heavy atom. The molecule has 0 radical (unpaired) electrons. The molecule has 4 rings (SSSR count). The summed E-state index contributed by atoms with van der Waals surface area (Å²) >= 11 is 2.58. The minimum absolute atomic E-state index is 0.0253. The van der Waals surface area contributed by atoms with Crippen LogP contribution in [0.25, 0.3) is 20.2 Å². The second-order valence-corrected chi connectivity index (χ2v) is 10.5. The normalized spacial score (nSPS) is 11.1. The van der Waals surface area contributed by atoms with E-state index in [0.29, 0.717) is 20.7 Å². The number of methoxy groups -OCH3 is 4. The fraction of sp³-hybridized carbons (Fsp3) is 0.308. The number of ketones is 1. The first kappa shape index (κ1) is 28.1. The van der Waals surface area contributed by atoms with Gasteiger partial charge in [-0.25, -0.2) is 8.78 Å². The summed E-state index contributed by atoms with van der Waals surface area (Å²) in [6, 6.07) is 6.54. The molecule has 0 spiro atoms. The van der Waals surface area contributed by atoms with Crippen LogP contribution >= 0.6 is 22.7 Å². The highest BCUT2D eigenvalue weighted by atomic mass is 32.1. The largest absolute Gasteiger partial charge is 0.493 e. The van der Waals surface area contributed by atoms with Gasteiger partial charge in [0.1, 0.15) is 0 Å². The van der Waals surface area contributed by atoms with Gasteiger partial charge in [0.05, 0.1) is 38.7 Å². The molecule has 11 heteroatoms. The van der Waals surface area contributed by atoms with Gasteiger partial charge in [0, 0.05) is 38.7 Å². The number of Topliss-reactive ketones (excluding diaryl/α,β-unsaturated/α-hetero) is 1. The van der Waals surface area contributed by atoms with Crippen molar-refractivity contribution in [1.29, 1.82) is 0 Å². The summed E-state index contributed by atoms with van der Waals surface area (Å²) in [5.74, 6) is -1.54. The lowest BCUT2D eigenvalue weighted by Crippen LogP contribution is -2.26. The third-order valence-electron chi connectivity index (χ3n) is 5.60. The molecule has 37 heavy (non-hydrogen) atoms. The van der Waals surface area contributed by atoms with E-state index in [4.69, 9.17) is 24.1 Å². The van der Waals surface area contributed by atoms with Gasteiger partial charge in [0.2, 0.25) is 0 Å².